The molecule has 39 heavy (non-hydrogen) atoms. The van der Waals surface area contributed by atoms with Crippen molar-refractivity contribution in [3.05, 3.63) is 64.4 Å². The number of hydrogen-bond acceptors (Lipinski definition) is 9. The first-order valence-corrected chi connectivity index (χ1v) is 14.7. The monoisotopic (exact) mass is 590 g/mol. The average Bonchev–Trinajstić information content (AvgIpc) is 3.21. The van der Waals surface area contributed by atoms with E-state index in [1.54, 1.807) is 0 Å². The molecule has 1 fully saturated rings. The molecule has 2 aromatic carbocycles. The first-order chi connectivity index (χ1) is 18.0. The molecule has 1 aromatic heterocycles. The Balaban J connectivity index is 1.65. The third-order valence-corrected chi connectivity index (χ3v) is 6.82. The number of amides is 1. The molecule has 1 amide bonds. The van der Waals surface area contributed by atoms with Gasteiger partial charge in [-0.25, -0.2) is 4.79 Å². The van der Waals surface area contributed by atoms with Crippen LogP contribution in [0.4, 0.5) is 23.7 Å². The van der Waals surface area contributed by atoms with Crippen LogP contribution in [0.1, 0.15) is 5.56 Å². The Kier molecular flexibility index (Phi) is 7.50. The van der Waals surface area contributed by atoms with Crippen LogP contribution in [-0.2, 0) is 39.5 Å². The highest BCUT2D eigenvalue weighted by Gasteiger charge is 2.40. The van der Waals surface area contributed by atoms with Crippen molar-refractivity contribution in [1.82, 2.24) is 4.98 Å². The minimum absolute atomic E-state index is 0.0551. The van der Waals surface area contributed by atoms with Crippen LogP contribution in [0.25, 0.3) is 22.0 Å². The Morgan fingerprint density at radius 2 is 1.74 bits per heavy atom. The molecule has 1 saturated heterocycles. The zero-order chi connectivity index (χ0) is 28.8. The number of aromatic amines is 1. The Bertz CT molecular complexity index is 1700. The summed E-state index contributed by atoms with van der Waals surface area (Å²) in [6.45, 7) is -1.04. The maximum Gasteiger partial charge on any atom is 0.417 e. The molecule has 0 saturated carbocycles. The molecule has 1 aliphatic rings. The molecule has 0 aliphatic carbocycles. The predicted octanol–water partition coefficient (Wildman–Crippen LogP) is 2.86. The fourth-order valence-electron chi connectivity index (χ4n) is 4.03. The van der Waals surface area contributed by atoms with Gasteiger partial charge in [-0.1, -0.05) is 24.3 Å². The predicted molar refractivity (Wildman–Crippen MR) is 133 cm³/mol. The number of carbonyl (C=O) groups is 1. The topological polar surface area (TPSA) is 149 Å². The van der Waals surface area contributed by atoms with E-state index in [1.807, 2.05) is 0 Å². The van der Waals surface area contributed by atoms with Gasteiger partial charge < -0.3 is 9.72 Å². The zero-order valence-corrected chi connectivity index (χ0v) is 21.9. The van der Waals surface area contributed by atoms with Gasteiger partial charge >= 0.3 is 12.3 Å². The molecular weight excluding hydrogens is 569 g/mol. The second-order valence-electron chi connectivity index (χ2n) is 8.69. The number of alkyl halides is 3. The maximum atomic E-state index is 13.5. The summed E-state index contributed by atoms with van der Waals surface area (Å²) in [4.78, 5) is 29.0. The van der Waals surface area contributed by atoms with Gasteiger partial charge in [0.05, 0.1) is 31.2 Å². The van der Waals surface area contributed by atoms with Crippen LogP contribution in [-0.4, -0.2) is 65.8 Å². The number of pyridine rings is 1. The van der Waals surface area contributed by atoms with E-state index in [0.29, 0.717) is 5.39 Å². The summed E-state index contributed by atoms with van der Waals surface area (Å²) < 4.78 is 101. The van der Waals surface area contributed by atoms with Crippen LogP contribution in [0.15, 0.2) is 53.3 Å². The summed E-state index contributed by atoms with van der Waals surface area (Å²) in [7, 11) is -8.08. The van der Waals surface area contributed by atoms with Gasteiger partial charge in [-0.15, -0.1) is 0 Å². The molecule has 210 valence electrons. The van der Waals surface area contributed by atoms with E-state index in [1.165, 1.54) is 42.5 Å². The second-order valence-corrected chi connectivity index (χ2v) is 11.9. The van der Waals surface area contributed by atoms with Gasteiger partial charge in [0.25, 0.3) is 25.8 Å². The molecule has 11 nitrogen and oxygen atoms in total. The van der Waals surface area contributed by atoms with Gasteiger partial charge in [0.2, 0.25) is 0 Å². The van der Waals surface area contributed by atoms with E-state index < -0.39 is 62.4 Å². The van der Waals surface area contributed by atoms with Gasteiger partial charge in [0.1, 0.15) is 6.10 Å². The number of halogens is 3. The fourth-order valence-corrected chi connectivity index (χ4v) is 5.04. The summed E-state index contributed by atoms with van der Waals surface area (Å²) >= 11 is 0. The lowest BCUT2D eigenvalue weighted by Gasteiger charge is -2.20. The van der Waals surface area contributed by atoms with E-state index in [-0.39, 0.29) is 28.9 Å². The summed E-state index contributed by atoms with van der Waals surface area (Å²) in [5, 5.41) is 0.347. The number of aromatic nitrogens is 1. The average molecular weight is 591 g/mol. The van der Waals surface area contributed by atoms with Crippen molar-refractivity contribution in [2.75, 3.05) is 30.6 Å². The SMILES string of the molecule is CS(=O)(=O)OC[C@@H](OS(C)(=O)=O)[C@@H]1CN(c2ccc3cc(-c4ccccc4C(F)(F)F)[nH]c(=O)c3c2)C(=O)O1. The number of carbonyl (C=O) groups excluding carboxylic acids is 1. The van der Waals surface area contributed by atoms with E-state index in [2.05, 4.69) is 9.17 Å². The van der Waals surface area contributed by atoms with Crippen molar-refractivity contribution in [2.45, 2.75) is 18.4 Å². The molecule has 4 rings (SSSR count). The fraction of sp³-hybridized carbons (Fsp3) is 0.304. The summed E-state index contributed by atoms with van der Waals surface area (Å²) in [5.74, 6) is 0. The number of ether oxygens (including phenoxy) is 1. The van der Waals surface area contributed by atoms with Gasteiger partial charge in [0.15, 0.2) is 6.10 Å². The first-order valence-electron chi connectivity index (χ1n) is 11.1. The summed E-state index contributed by atoms with van der Waals surface area (Å²) in [6.07, 6.45) is -6.87. The number of anilines is 1. The van der Waals surface area contributed by atoms with Gasteiger partial charge in [-0.05, 0) is 29.7 Å². The number of nitrogens with zero attached hydrogens (tertiary/aromatic N) is 1. The van der Waals surface area contributed by atoms with Crippen molar-refractivity contribution in [1.29, 1.82) is 0 Å². The van der Waals surface area contributed by atoms with Crippen LogP contribution in [0.2, 0.25) is 0 Å². The highest BCUT2D eigenvalue weighted by atomic mass is 32.2. The number of rotatable bonds is 8. The lowest BCUT2D eigenvalue weighted by molar-refractivity contribution is -0.137. The van der Waals surface area contributed by atoms with Crippen molar-refractivity contribution in [3.8, 4) is 11.3 Å². The largest absolute Gasteiger partial charge is 0.441 e. The molecule has 0 radical (unpaired) electrons. The van der Waals surface area contributed by atoms with Gasteiger partial charge in [-0.3, -0.25) is 18.1 Å². The van der Waals surface area contributed by atoms with Crippen LogP contribution >= 0.6 is 0 Å². The minimum Gasteiger partial charge on any atom is -0.441 e. The number of hydrogen-bond donors (Lipinski definition) is 1. The molecule has 0 bridgehead atoms. The highest BCUT2D eigenvalue weighted by Crippen LogP contribution is 2.37. The van der Waals surface area contributed by atoms with E-state index in [0.717, 1.165) is 23.5 Å². The zero-order valence-electron chi connectivity index (χ0n) is 20.3. The molecule has 2 atom stereocenters. The molecule has 1 N–H and O–H groups in total. The van der Waals surface area contributed by atoms with E-state index in [9.17, 15) is 39.6 Å². The van der Waals surface area contributed by atoms with Crippen LogP contribution in [0.5, 0.6) is 0 Å². The number of nitrogens with one attached hydrogen (secondary N) is 1. The lowest BCUT2D eigenvalue weighted by atomic mass is 10.0. The maximum absolute atomic E-state index is 13.5. The van der Waals surface area contributed by atoms with Crippen LogP contribution in [0.3, 0.4) is 0 Å². The Hall–Kier alpha value is -3.47. The van der Waals surface area contributed by atoms with Crippen LogP contribution in [0, 0.1) is 0 Å². The van der Waals surface area contributed by atoms with Crippen molar-refractivity contribution < 1.29 is 47.9 Å². The summed E-state index contributed by atoms with van der Waals surface area (Å²) in [6, 6.07) is 10.3. The molecule has 2 heterocycles. The number of fused-ring (bicyclic) bond motifs is 1. The Morgan fingerprint density at radius 1 is 1.05 bits per heavy atom. The third kappa shape index (κ3) is 6.76. The molecular formula is C23H21F3N2O9S2. The summed E-state index contributed by atoms with van der Waals surface area (Å²) in [5.41, 5.74) is -1.75. The van der Waals surface area contributed by atoms with Gasteiger partial charge in [0, 0.05) is 22.3 Å². The standard InChI is InChI=1S/C23H21F3N2O9S2/c1-38(31,32)35-12-20(37-39(2,33)34)19-11-28(22(30)36-19)14-8-7-13-9-18(27-21(29)16(13)10-14)15-5-3-4-6-17(15)23(24,25)26/h3-10,19-20H,11-12H2,1-2H3,(H,27,29)/t19-,20+/m0/s1. The highest BCUT2D eigenvalue weighted by molar-refractivity contribution is 7.86. The lowest BCUT2D eigenvalue weighted by Crippen LogP contribution is -2.38. The Morgan fingerprint density at radius 3 is 2.38 bits per heavy atom. The van der Waals surface area contributed by atoms with Gasteiger partial charge in [-0.2, -0.15) is 30.0 Å². The Labute approximate surface area is 220 Å². The molecule has 0 spiro atoms. The minimum atomic E-state index is -4.65. The molecule has 1 aliphatic heterocycles. The van der Waals surface area contributed by atoms with E-state index >= 15 is 0 Å². The number of benzene rings is 2. The third-order valence-electron chi connectivity index (χ3n) is 5.66. The number of H-pyrrole nitrogens is 1. The first kappa shape index (κ1) is 28.5. The van der Waals surface area contributed by atoms with Crippen molar-refractivity contribution in [2.24, 2.45) is 0 Å². The normalized spacial score (nSPS) is 17.4. The molecule has 3 aromatic rings. The van der Waals surface area contributed by atoms with Crippen molar-refractivity contribution in [3.63, 3.8) is 0 Å². The molecule has 0 unspecified atom stereocenters. The van der Waals surface area contributed by atoms with Crippen molar-refractivity contribution >= 4 is 42.8 Å². The molecule has 16 heteroatoms. The number of cyclic esters (lactones) is 1. The second kappa shape index (κ2) is 10.3. The van der Waals surface area contributed by atoms with Crippen LogP contribution < -0.4 is 10.5 Å². The van der Waals surface area contributed by atoms with E-state index in [4.69, 9.17) is 8.92 Å². The quantitative estimate of drug-likeness (QED) is 0.391. The smallest absolute Gasteiger partial charge is 0.417 e.